The molecule has 0 bridgehead atoms. The molecule has 4 nitrogen and oxygen atoms in total. The van der Waals surface area contributed by atoms with Crippen LogP contribution in [-0.2, 0) is 6.54 Å². The second-order valence-electron chi connectivity index (χ2n) is 5.11. The number of rotatable bonds is 5. The van der Waals surface area contributed by atoms with E-state index >= 15 is 0 Å². The molecule has 0 aromatic carbocycles. The second-order valence-corrected chi connectivity index (χ2v) is 5.96. The zero-order valence-corrected chi connectivity index (χ0v) is 11.7. The Balaban J connectivity index is 1.99. The standard InChI is InChI=1S/C13H18N2O2S/c1-13(2,16)9-15(3)7-10-8-18-12(14-10)11-5-4-6-17-11/h4-6,8,16H,7,9H2,1-3H3. The van der Waals surface area contributed by atoms with Crippen LogP contribution in [0.5, 0.6) is 0 Å². The van der Waals surface area contributed by atoms with Crippen LogP contribution in [0, 0.1) is 0 Å². The summed E-state index contributed by atoms with van der Waals surface area (Å²) in [6.07, 6.45) is 1.65. The Kier molecular flexibility index (Phi) is 3.85. The molecule has 18 heavy (non-hydrogen) atoms. The van der Waals surface area contributed by atoms with Gasteiger partial charge in [0.1, 0.15) is 0 Å². The third-order valence-corrected chi connectivity index (χ3v) is 3.28. The van der Waals surface area contributed by atoms with Crippen LogP contribution >= 0.6 is 11.3 Å². The molecule has 1 N–H and O–H groups in total. The van der Waals surface area contributed by atoms with Crippen LogP contribution < -0.4 is 0 Å². The van der Waals surface area contributed by atoms with Crippen molar-refractivity contribution in [3.63, 3.8) is 0 Å². The van der Waals surface area contributed by atoms with E-state index in [-0.39, 0.29) is 0 Å². The molecular weight excluding hydrogens is 248 g/mol. The molecule has 98 valence electrons. The summed E-state index contributed by atoms with van der Waals surface area (Å²) in [5.74, 6) is 0.802. The lowest BCUT2D eigenvalue weighted by Crippen LogP contribution is -2.35. The van der Waals surface area contributed by atoms with Gasteiger partial charge in [0.05, 0.1) is 17.6 Å². The molecule has 2 rings (SSSR count). The zero-order valence-electron chi connectivity index (χ0n) is 10.9. The Bertz CT molecular complexity index is 485. The Morgan fingerprint density at radius 1 is 1.50 bits per heavy atom. The maximum Gasteiger partial charge on any atom is 0.162 e. The molecule has 0 radical (unpaired) electrons. The Hall–Kier alpha value is -1.17. The predicted molar refractivity (Wildman–Crippen MR) is 72.4 cm³/mol. The molecule has 0 amide bonds. The first-order chi connectivity index (χ1) is 8.44. The van der Waals surface area contributed by atoms with E-state index in [0.717, 1.165) is 23.0 Å². The Morgan fingerprint density at radius 3 is 2.89 bits per heavy atom. The molecular formula is C13H18N2O2S. The summed E-state index contributed by atoms with van der Waals surface area (Å²) < 4.78 is 5.31. The van der Waals surface area contributed by atoms with E-state index in [4.69, 9.17) is 4.42 Å². The van der Waals surface area contributed by atoms with Gasteiger partial charge in [-0.25, -0.2) is 4.98 Å². The van der Waals surface area contributed by atoms with Crippen LogP contribution in [0.2, 0.25) is 0 Å². The molecule has 0 aliphatic heterocycles. The van der Waals surface area contributed by atoms with Gasteiger partial charge in [-0.1, -0.05) is 0 Å². The number of thiazole rings is 1. The number of hydrogen-bond donors (Lipinski definition) is 1. The molecule has 2 heterocycles. The topological polar surface area (TPSA) is 49.5 Å². The van der Waals surface area contributed by atoms with Gasteiger partial charge < -0.3 is 9.52 Å². The molecule has 0 saturated heterocycles. The van der Waals surface area contributed by atoms with E-state index in [2.05, 4.69) is 9.88 Å². The number of aliphatic hydroxyl groups is 1. The number of hydrogen-bond acceptors (Lipinski definition) is 5. The molecule has 2 aromatic rings. The van der Waals surface area contributed by atoms with Crippen molar-refractivity contribution >= 4 is 11.3 Å². The van der Waals surface area contributed by atoms with E-state index < -0.39 is 5.60 Å². The van der Waals surface area contributed by atoms with Gasteiger partial charge in [0, 0.05) is 18.5 Å². The fraction of sp³-hybridized carbons (Fsp3) is 0.462. The SMILES string of the molecule is CN(Cc1csc(-c2ccco2)n1)CC(C)(C)O. The minimum atomic E-state index is -0.686. The fourth-order valence-corrected chi connectivity index (χ4v) is 2.66. The van der Waals surface area contributed by atoms with Crippen molar-refractivity contribution in [1.82, 2.24) is 9.88 Å². The zero-order chi connectivity index (χ0) is 13.2. The van der Waals surface area contributed by atoms with Crippen LogP contribution in [0.15, 0.2) is 28.2 Å². The largest absolute Gasteiger partial charge is 0.462 e. The molecule has 0 aliphatic rings. The van der Waals surface area contributed by atoms with Gasteiger partial charge in [0.25, 0.3) is 0 Å². The summed E-state index contributed by atoms with van der Waals surface area (Å²) in [6, 6.07) is 3.76. The predicted octanol–water partition coefficient (Wildman–Crippen LogP) is 2.61. The summed E-state index contributed by atoms with van der Waals surface area (Å²) in [4.78, 5) is 6.58. The number of likely N-dealkylation sites (N-methyl/N-ethyl adjacent to an activating group) is 1. The van der Waals surface area contributed by atoms with Gasteiger partial charge in [-0.2, -0.15) is 0 Å². The lowest BCUT2D eigenvalue weighted by Gasteiger charge is -2.24. The highest BCUT2D eigenvalue weighted by molar-refractivity contribution is 7.13. The maximum atomic E-state index is 9.75. The normalized spacial score (nSPS) is 12.3. The monoisotopic (exact) mass is 266 g/mol. The Labute approximate surface area is 111 Å². The highest BCUT2D eigenvalue weighted by Gasteiger charge is 2.16. The third kappa shape index (κ3) is 3.66. The van der Waals surface area contributed by atoms with Crippen molar-refractivity contribution in [1.29, 1.82) is 0 Å². The van der Waals surface area contributed by atoms with Crippen molar-refractivity contribution in [2.45, 2.75) is 26.0 Å². The molecule has 0 fully saturated rings. The van der Waals surface area contributed by atoms with E-state index in [0.29, 0.717) is 6.54 Å². The van der Waals surface area contributed by atoms with Crippen molar-refractivity contribution in [3.05, 3.63) is 29.5 Å². The van der Waals surface area contributed by atoms with Crippen LogP contribution in [0.25, 0.3) is 10.8 Å². The maximum absolute atomic E-state index is 9.75. The number of aromatic nitrogens is 1. The van der Waals surface area contributed by atoms with Crippen LogP contribution in [0.3, 0.4) is 0 Å². The first kappa shape index (κ1) is 13.3. The van der Waals surface area contributed by atoms with Crippen molar-refractivity contribution in [2.24, 2.45) is 0 Å². The van der Waals surface area contributed by atoms with E-state index in [1.54, 1.807) is 31.4 Å². The van der Waals surface area contributed by atoms with E-state index in [1.165, 1.54) is 0 Å². The Morgan fingerprint density at radius 2 is 2.28 bits per heavy atom. The molecule has 2 aromatic heterocycles. The summed E-state index contributed by atoms with van der Waals surface area (Å²) in [7, 11) is 1.98. The number of furan rings is 1. The summed E-state index contributed by atoms with van der Waals surface area (Å²) in [5, 5.41) is 12.7. The molecule has 0 spiro atoms. The van der Waals surface area contributed by atoms with Gasteiger partial charge in [-0.05, 0) is 33.0 Å². The fourth-order valence-electron chi connectivity index (χ4n) is 1.89. The summed E-state index contributed by atoms with van der Waals surface area (Å²) >= 11 is 1.57. The minimum absolute atomic E-state index is 0.612. The van der Waals surface area contributed by atoms with Gasteiger partial charge >= 0.3 is 0 Å². The van der Waals surface area contributed by atoms with E-state index in [1.807, 2.05) is 24.6 Å². The van der Waals surface area contributed by atoms with E-state index in [9.17, 15) is 5.11 Å². The molecule has 5 heteroatoms. The van der Waals surface area contributed by atoms with Gasteiger partial charge in [0.15, 0.2) is 10.8 Å². The van der Waals surface area contributed by atoms with Gasteiger partial charge in [-0.3, -0.25) is 4.90 Å². The molecule has 0 saturated carbocycles. The molecule has 0 atom stereocenters. The first-order valence-electron chi connectivity index (χ1n) is 5.83. The van der Waals surface area contributed by atoms with Crippen molar-refractivity contribution in [2.75, 3.05) is 13.6 Å². The minimum Gasteiger partial charge on any atom is -0.462 e. The average Bonchev–Trinajstić information content (AvgIpc) is 2.82. The lowest BCUT2D eigenvalue weighted by atomic mass is 10.1. The highest BCUT2D eigenvalue weighted by Crippen LogP contribution is 2.24. The lowest BCUT2D eigenvalue weighted by molar-refractivity contribution is 0.0422. The van der Waals surface area contributed by atoms with Crippen LogP contribution in [0.1, 0.15) is 19.5 Å². The van der Waals surface area contributed by atoms with Crippen molar-refractivity contribution in [3.8, 4) is 10.8 Å². The third-order valence-electron chi connectivity index (χ3n) is 2.37. The second kappa shape index (κ2) is 5.22. The van der Waals surface area contributed by atoms with Crippen LogP contribution in [-0.4, -0.2) is 34.2 Å². The quantitative estimate of drug-likeness (QED) is 0.903. The number of nitrogens with zero attached hydrogens (tertiary/aromatic N) is 2. The summed E-state index contributed by atoms with van der Waals surface area (Å²) in [6.45, 7) is 4.94. The molecule has 0 aliphatic carbocycles. The molecule has 0 unspecified atom stereocenters. The van der Waals surface area contributed by atoms with Gasteiger partial charge in [0.2, 0.25) is 0 Å². The average molecular weight is 266 g/mol. The van der Waals surface area contributed by atoms with Gasteiger partial charge in [-0.15, -0.1) is 11.3 Å². The highest BCUT2D eigenvalue weighted by atomic mass is 32.1. The summed E-state index contributed by atoms with van der Waals surface area (Å²) in [5.41, 5.74) is 0.312. The van der Waals surface area contributed by atoms with Crippen molar-refractivity contribution < 1.29 is 9.52 Å². The first-order valence-corrected chi connectivity index (χ1v) is 6.71. The van der Waals surface area contributed by atoms with Crippen LogP contribution in [0.4, 0.5) is 0 Å². The smallest absolute Gasteiger partial charge is 0.162 e.